The Balaban J connectivity index is 2.13. The first-order valence-electron chi connectivity index (χ1n) is 6.27. The van der Waals surface area contributed by atoms with Crippen molar-refractivity contribution in [3.63, 3.8) is 0 Å². The molecule has 1 heterocycles. The summed E-state index contributed by atoms with van der Waals surface area (Å²) in [5, 5.41) is 4.60. The molecule has 0 aliphatic carbocycles. The number of rotatable bonds is 6. The summed E-state index contributed by atoms with van der Waals surface area (Å²) in [6.45, 7) is 8.76. The van der Waals surface area contributed by atoms with Gasteiger partial charge in [0.25, 0.3) is 0 Å². The van der Waals surface area contributed by atoms with E-state index in [0.29, 0.717) is 12.1 Å². The molecule has 1 saturated heterocycles. The molecule has 1 fully saturated rings. The second-order valence-corrected chi connectivity index (χ2v) is 5.68. The van der Waals surface area contributed by atoms with E-state index < -0.39 is 0 Å². The zero-order valence-corrected chi connectivity index (χ0v) is 11.8. The predicted octanol–water partition coefficient (Wildman–Crippen LogP) is 2.19. The van der Waals surface area contributed by atoms with Crippen molar-refractivity contribution in [2.45, 2.75) is 45.7 Å². The average molecular weight is 243 g/mol. The van der Waals surface area contributed by atoms with Gasteiger partial charge < -0.3 is 10.2 Å². The van der Waals surface area contributed by atoms with Crippen molar-refractivity contribution in [2.24, 2.45) is 4.99 Å². The first-order chi connectivity index (χ1) is 7.63. The molecule has 1 rings (SSSR count). The lowest BCUT2D eigenvalue weighted by Gasteiger charge is -2.20. The number of amidine groups is 1. The average Bonchev–Trinajstić information content (AvgIpc) is 2.71. The fraction of sp³-hybridized carbons (Fsp3) is 0.917. The van der Waals surface area contributed by atoms with E-state index in [9.17, 15) is 0 Å². The molecule has 1 N–H and O–H groups in total. The molecule has 0 aromatic heterocycles. The molecule has 3 nitrogen and oxygen atoms in total. The number of thioether (sulfide) groups is 1. The quantitative estimate of drug-likeness (QED) is 0.725. The van der Waals surface area contributed by atoms with E-state index in [4.69, 9.17) is 0 Å². The Labute approximate surface area is 104 Å². The summed E-state index contributed by atoms with van der Waals surface area (Å²) in [5.41, 5.74) is 0. The summed E-state index contributed by atoms with van der Waals surface area (Å²) in [5.74, 6) is 1.18. The zero-order valence-electron chi connectivity index (χ0n) is 11.0. The zero-order chi connectivity index (χ0) is 12.0. The highest BCUT2D eigenvalue weighted by Gasteiger charge is 2.17. The van der Waals surface area contributed by atoms with Gasteiger partial charge in [0.2, 0.25) is 0 Å². The van der Waals surface area contributed by atoms with Crippen molar-refractivity contribution in [2.75, 3.05) is 25.9 Å². The number of aliphatic imine (C=N–C) groups is 1. The molecule has 1 aliphatic heterocycles. The number of hydrogen-bond acceptors (Lipinski definition) is 3. The van der Waals surface area contributed by atoms with Crippen molar-refractivity contribution in [1.82, 2.24) is 10.2 Å². The topological polar surface area (TPSA) is 27.6 Å². The van der Waals surface area contributed by atoms with E-state index >= 15 is 0 Å². The first-order valence-corrected chi connectivity index (χ1v) is 7.26. The lowest BCUT2D eigenvalue weighted by atomic mass is 10.3. The van der Waals surface area contributed by atoms with Gasteiger partial charge in [0.15, 0.2) is 5.17 Å². The summed E-state index contributed by atoms with van der Waals surface area (Å²) in [4.78, 5) is 6.96. The largest absolute Gasteiger partial charge is 0.361 e. The van der Waals surface area contributed by atoms with Crippen LogP contribution in [0.25, 0.3) is 0 Å². The summed E-state index contributed by atoms with van der Waals surface area (Å²) < 4.78 is 0. The minimum absolute atomic E-state index is 0.635. The fourth-order valence-electron chi connectivity index (χ4n) is 1.51. The Morgan fingerprint density at radius 1 is 1.56 bits per heavy atom. The van der Waals surface area contributed by atoms with E-state index in [1.54, 1.807) is 0 Å². The molecule has 1 atom stereocenters. The minimum Gasteiger partial charge on any atom is -0.361 e. The second-order valence-electron chi connectivity index (χ2n) is 4.68. The van der Waals surface area contributed by atoms with Gasteiger partial charge in [-0.15, -0.1) is 0 Å². The molecule has 0 aromatic carbocycles. The molecule has 0 amide bonds. The monoisotopic (exact) mass is 243 g/mol. The standard InChI is InChI=1S/C12H25N3S/c1-5-11-9-16-12(14-11)13-7-6-8-15(4)10(2)3/h10-11H,5-9H2,1-4H3,(H,13,14). The van der Waals surface area contributed by atoms with Crippen molar-refractivity contribution in [1.29, 1.82) is 0 Å². The molecule has 0 aromatic rings. The Hall–Kier alpha value is -0.220. The maximum Gasteiger partial charge on any atom is 0.156 e. The summed E-state index contributed by atoms with van der Waals surface area (Å²) in [6.07, 6.45) is 2.35. The predicted molar refractivity (Wildman–Crippen MR) is 74.4 cm³/mol. The lowest BCUT2D eigenvalue weighted by molar-refractivity contribution is 0.272. The molecular formula is C12H25N3S. The van der Waals surface area contributed by atoms with Gasteiger partial charge in [0.1, 0.15) is 0 Å². The third kappa shape index (κ3) is 4.74. The van der Waals surface area contributed by atoms with Crippen LogP contribution in [0.2, 0.25) is 0 Å². The van der Waals surface area contributed by atoms with E-state index in [-0.39, 0.29) is 0 Å². The molecule has 94 valence electrons. The molecule has 0 spiro atoms. The molecule has 1 aliphatic rings. The SMILES string of the molecule is CCC1CSC(=NCCCN(C)C(C)C)N1. The Bertz CT molecular complexity index is 228. The van der Waals surface area contributed by atoms with Crippen LogP contribution in [0, 0.1) is 0 Å². The Kier molecular flexibility index (Phi) is 6.21. The number of nitrogens with one attached hydrogen (secondary N) is 1. The van der Waals surface area contributed by atoms with Gasteiger partial charge >= 0.3 is 0 Å². The Morgan fingerprint density at radius 2 is 2.31 bits per heavy atom. The van der Waals surface area contributed by atoms with Crippen molar-refractivity contribution >= 4 is 16.9 Å². The normalized spacial score (nSPS) is 23.4. The number of hydrogen-bond donors (Lipinski definition) is 1. The smallest absolute Gasteiger partial charge is 0.156 e. The third-order valence-electron chi connectivity index (χ3n) is 3.05. The summed E-state index contributed by atoms with van der Waals surface area (Å²) >= 11 is 1.87. The fourth-order valence-corrected chi connectivity index (χ4v) is 2.62. The highest BCUT2D eigenvalue weighted by Crippen LogP contribution is 2.15. The molecule has 0 saturated carbocycles. The highest BCUT2D eigenvalue weighted by molar-refractivity contribution is 8.14. The van der Waals surface area contributed by atoms with E-state index in [1.807, 2.05) is 11.8 Å². The van der Waals surface area contributed by atoms with E-state index in [1.165, 1.54) is 12.2 Å². The van der Waals surface area contributed by atoms with Crippen LogP contribution in [0.1, 0.15) is 33.6 Å². The first kappa shape index (κ1) is 13.8. The van der Waals surface area contributed by atoms with Crippen molar-refractivity contribution in [3.8, 4) is 0 Å². The Morgan fingerprint density at radius 3 is 2.88 bits per heavy atom. The molecule has 0 bridgehead atoms. The maximum atomic E-state index is 4.59. The van der Waals surface area contributed by atoms with Crippen LogP contribution < -0.4 is 5.32 Å². The van der Waals surface area contributed by atoms with E-state index in [2.05, 4.69) is 43.0 Å². The van der Waals surface area contributed by atoms with E-state index in [0.717, 1.165) is 24.7 Å². The van der Waals surface area contributed by atoms with Crippen LogP contribution >= 0.6 is 11.8 Å². The van der Waals surface area contributed by atoms with Gasteiger partial charge in [-0.3, -0.25) is 4.99 Å². The molecule has 16 heavy (non-hydrogen) atoms. The summed E-state index contributed by atoms with van der Waals surface area (Å²) in [6, 6.07) is 1.28. The van der Waals surface area contributed by atoms with Gasteiger partial charge in [-0.25, -0.2) is 0 Å². The van der Waals surface area contributed by atoms with Gasteiger partial charge in [-0.05, 0) is 40.3 Å². The van der Waals surface area contributed by atoms with Crippen LogP contribution in [-0.4, -0.2) is 48.0 Å². The maximum absolute atomic E-state index is 4.59. The molecular weight excluding hydrogens is 218 g/mol. The lowest BCUT2D eigenvalue weighted by Crippen LogP contribution is -2.28. The van der Waals surface area contributed by atoms with Crippen LogP contribution in [0.4, 0.5) is 0 Å². The van der Waals surface area contributed by atoms with Crippen LogP contribution in [0.5, 0.6) is 0 Å². The second kappa shape index (κ2) is 7.17. The van der Waals surface area contributed by atoms with Crippen LogP contribution in [0.3, 0.4) is 0 Å². The summed E-state index contributed by atoms with van der Waals surface area (Å²) in [7, 11) is 2.17. The van der Waals surface area contributed by atoms with Gasteiger partial charge in [-0.2, -0.15) is 0 Å². The third-order valence-corrected chi connectivity index (χ3v) is 4.14. The van der Waals surface area contributed by atoms with Gasteiger partial charge in [0.05, 0.1) is 0 Å². The molecule has 0 radical (unpaired) electrons. The minimum atomic E-state index is 0.635. The highest BCUT2D eigenvalue weighted by atomic mass is 32.2. The molecule has 1 unspecified atom stereocenters. The number of nitrogens with zero attached hydrogens (tertiary/aromatic N) is 2. The van der Waals surface area contributed by atoms with Crippen molar-refractivity contribution < 1.29 is 0 Å². The molecule has 4 heteroatoms. The van der Waals surface area contributed by atoms with Crippen molar-refractivity contribution in [3.05, 3.63) is 0 Å². The van der Waals surface area contributed by atoms with Gasteiger partial charge in [0, 0.05) is 24.4 Å². The van der Waals surface area contributed by atoms with Crippen LogP contribution in [0.15, 0.2) is 4.99 Å². The van der Waals surface area contributed by atoms with Crippen LogP contribution in [-0.2, 0) is 0 Å². The van der Waals surface area contributed by atoms with Gasteiger partial charge in [-0.1, -0.05) is 18.7 Å².